The molecule has 2 N–H and O–H groups in total. The van der Waals surface area contributed by atoms with E-state index in [1.54, 1.807) is 11.3 Å². The first-order chi connectivity index (χ1) is 8.33. The lowest BCUT2D eigenvalue weighted by atomic mass is 10.2. The molecule has 2 heterocycles. The molecule has 17 heavy (non-hydrogen) atoms. The molecule has 1 unspecified atom stereocenters. The maximum atomic E-state index is 4.20. The highest BCUT2D eigenvalue weighted by Gasteiger charge is 2.10. The Balaban J connectivity index is 2.13. The molecule has 0 radical (unpaired) electrons. The third-order valence-corrected chi connectivity index (χ3v) is 3.65. The van der Waals surface area contributed by atoms with Crippen LogP contribution in [0.3, 0.4) is 0 Å². The molecule has 3 nitrogen and oxygen atoms in total. The van der Waals surface area contributed by atoms with Gasteiger partial charge in [-0.3, -0.25) is 4.98 Å². The van der Waals surface area contributed by atoms with Gasteiger partial charge in [0.1, 0.15) is 0 Å². The zero-order valence-corrected chi connectivity index (χ0v) is 10.9. The summed E-state index contributed by atoms with van der Waals surface area (Å²) in [7, 11) is 1.90. The monoisotopic (exact) mass is 247 g/mol. The van der Waals surface area contributed by atoms with E-state index in [2.05, 4.69) is 46.1 Å². The van der Waals surface area contributed by atoms with Crippen molar-refractivity contribution in [2.45, 2.75) is 19.4 Å². The number of hydrogen-bond donors (Lipinski definition) is 2. The smallest absolute Gasteiger partial charge is 0.0604 e. The predicted octanol–water partition coefficient (Wildman–Crippen LogP) is 3.75. The Morgan fingerprint density at radius 2 is 2.18 bits per heavy atom. The van der Waals surface area contributed by atoms with Crippen molar-refractivity contribution in [3.8, 4) is 0 Å². The molecule has 4 heteroatoms. The first-order valence-electron chi connectivity index (χ1n) is 5.76. The van der Waals surface area contributed by atoms with Crippen LogP contribution < -0.4 is 10.6 Å². The van der Waals surface area contributed by atoms with Gasteiger partial charge in [0, 0.05) is 11.9 Å². The van der Waals surface area contributed by atoms with Gasteiger partial charge in [-0.1, -0.05) is 13.0 Å². The first-order valence-corrected chi connectivity index (χ1v) is 6.64. The van der Waals surface area contributed by atoms with E-state index in [4.69, 9.17) is 0 Å². The van der Waals surface area contributed by atoms with Crippen LogP contribution in [0.25, 0.3) is 0 Å². The molecule has 2 aromatic rings. The van der Waals surface area contributed by atoms with Crippen LogP contribution in [0.5, 0.6) is 0 Å². The quantitative estimate of drug-likeness (QED) is 0.845. The molecule has 0 bridgehead atoms. The summed E-state index contributed by atoms with van der Waals surface area (Å²) in [5.41, 5.74) is 2.08. The lowest BCUT2D eigenvalue weighted by Crippen LogP contribution is -2.08. The minimum Gasteiger partial charge on any atom is -0.387 e. The van der Waals surface area contributed by atoms with E-state index in [0.29, 0.717) is 6.04 Å². The van der Waals surface area contributed by atoms with Crippen molar-refractivity contribution in [3.05, 3.63) is 40.8 Å². The number of aromatic nitrogens is 1. The molecular formula is C13H17N3S. The van der Waals surface area contributed by atoms with Gasteiger partial charge in [0.25, 0.3) is 0 Å². The van der Waals surface area contributed by atoms with Crippen molar-refractivity contribution < 1.29 is 0 Å². The van der Waals surface area contributed by atoms with Crippen LogP contribution in [0, 0.1) is 0 Å². The van der Waals surface area contributed by atoms with E-state index < -0.39 is 0 Å². The van der Waals surface area contributed by atoms with Gasteiger partial charge in [-0.05, 0) is 23.9 Å². The number of pyridine rings is 1. The predicted molar refractivity (Wildman–Crippen MR) is 74.8 cm³/mol. The molecule has 0 aliphatic heterocycles. The number of rotatable bonds is 5. The van der Waals surface area contributed by atoms with Gasteiger partial charge < -0.3 is 10.6 Å². The summed E-state index contributed by atoms with van der Waals surface area (Å²) in [5.74, 6) is 0. The van der Waals surface area contributed by atoms with Gasteiger partial charge in [-0.25, -0.2) is 0 Å². The largest absolute Gasteiger partial charge is 0.387 e. The summed E-state index contributed by atoms with van der Waals surface area (Å²) < 4.78 is 0. The van der Waals surface area contributed by atoms with Gasteiger partial charge in [-0.2, -0.15) is 0 Å². The molecule has 90 valence electrons. The zero-order chi connectivity index (χ0) is 12.1. The first kappa shape index (κ1) is 11.9. The Kier molecular flexibility index (Phi) is 3.98. The van der Waals surface area contributed by atoms with Crippen molar-refractivity contribution in [3.63, 3.8) is 0 Å². The maximum absolute atomic E-state index is 4.20. The Bertz CT molecular complexity index is 453. The fourth-order valence-electron chi connectivity index (χ4n) is 1.72. The van der Waals surface area contributed by atoms with Crippen LogP contribution in [0.2, 0.25) is 0 Å². The fourth-order valence-corrected chi connectivity index (χ4v) is 2.58. The molecule has 0 fully saturated rings. The molecule has 2 rings (SSSR count). The average Bonchev–Trinajstić information content (AvgIpc) is 2.90. The number of nitrogens with zero attached hydrogens (tertiary/aromatic N) is 1. The number of anilines is 2. The SMILES string of the molecule is CCC(Nc1cncc(NC)c1)c1cccs1. The minimum atomic E-state index is 0.365. The number of nitrogens with one attached hydrogen (secondary N) is 2. The third kappa shape index (κ3) is 2.97. The second-order valence-electron chi connectivity index (χ2n) is 3.83. The van der Waals surface area contributed by atoms with Crippen molar-refractivity contribution in [1.29, 1.82) is 0 Å². The fraction of sp³-hybridized carbons (Fsp3) is 0.308. The van der Waals surface area contributed by atoms with E-state index in [1.165, 1.54) is 4.88 Å². The third-order valence-electron chi connectivity index (χ3n) is 2.66. The van der Waals surface area contributed by atoms with Crippen LogP contribution in [-0.2, 0) is 0 Å². The van der Waals surface area contributed by atoms with E-state index in [9.17, 15) is 0 Å². The molecule has 0 aromatic carbocycles. The Morgan fingerprint density at radius 3 is 2.82 bits per heavy atom. The molecule has 1 atom stereocenters. The topological polar surface area (TPSA) is 37.0 Å². The zero-order valence-electron chi connectivity index (χ0n) is 10.1. The molecular weight excluding hydrogens is 230 g/mol. The average molecular weight is 247 g/mol. The van der Waals surface area contributed by atoms with Gasteiger partial charge in [0.2, 0.25) is 0 Å². The van der Waals surface area contributed by atoms with Crippen LogP contribution in [-0.4, -0.2) is 12.0 Å². The summed E-state index contributed by atoms with van der Waals surface area (Å²) in [5, 5.41) is 8.72. The molecule has 2 aromatic heterocycles. The maximum Gasteiger partial charge on any atom is 0.0604 e. The van der Waals surface area contributed by atoms with Gasteiger partial charge >= 0.3 is 0 Å². The molecule has 0 saturated carbocycles. The summed E-state index contributed by atoms with van der Waals surface area (Å²) in [6.45, 7) is 2.19. The molecule has 0 aliphatic carbocycles. The highest BCUT2D eigenvalue weighted by Crippen LogP contribution is 2.26. The Labute approximate surface area is 106 Å². The highest BCUT2D eigenvalue weighted by atomic mass is 32.1. The second kappa shape index (κ2) is 5.68. The molecule has 0 aliphatic rings. The Morgan fingerprint density at radius 1 is 1.35 bits per heavy atom. The molecule has 0 saturated heterocycles. The van der Waals surface area contributed by atoms with E-state index in [0.717, 1.165) is 17.8 Å². The summed E-state index contributed by atoms with van der Waals surface area (Å²) in [6, 6.07) is 6.70. The molecule has 0 amide bonds. The lowest BCUT2D eigenvalue weighted by Gasteiger charge is -2.17. The molecule has 0 spiro atoms. The highest BCUT2D eigenvalue weighted by molar-refractivity contribution is 7.10. The van der Waals surface area contributed by atoms with Crippen molar-refractivity contribution in [2.75, 3.05) is 17.7 Å². The number of hydrogen-bond acceptors (Lipinski definition) is 4. The van der Waals surface area contributed by atoms with E-state index in [-0.39, 0.29) is 0 Å². The summed E-state index contributed by atoms with van der Waals surface area (Å²) in [4.78, 5) is 5.57. The Hall–Kier alpha value is -1.55. The van der Waals surface area contributed by atoms with Crippen molar-refractivity contribution in [1.82, 2.24) is 4.98 Å². The standard InChI is InChI=1S/C13H17N3S/c1-3-12(13-5-4-6-17-13)16-11-7-10(14-2)8-15-9-11/h4-9,12,14,16H,3H2,1-2H3. The van der Waals surface area contributed by atoms with Crippen LogP contribution >= 0.6 is 11.3 Å². The second-order valence-corrected chi connectivity index (χ2v) is 4.81. The lowest BCUT2D eigenvalue weighted by molar-refractivity contribution is 0.763. The van der Waals surface area contributed by atoms with Gasteiger partial charge in [0.15, 0.2) is 0 Å². The van der Waals surface area contributed by atoms with Crippen LogP contribution in [0.4, 0.5) is 11.4 Å². The van der Waals surface area contributed by atoms with Gasteiger partial charge in [-0.15, -0.1) is 11.3 Å². The summed E-state index contributed by atoms with van der Waals surface area (Å²) >= 11 is 1.79. The van der Waals surface area contributed by atoms with Crippen LogP contribution in [0.1, 0.15) is 24.3 Å². The minimum absolute atomic E-state index is 0.365. The normalized spacial score (nSPS) is 12.1. The van der Waals surface area contributed by atoms with Crippen molar-refractivity contribution in [2.24, 2.45) is 0 Å². The van der Waals surface area contributed by atoms with E-state index >= 15 is 0 Å². The van der Waals surface area contributed by atoms with E-state index in [1.807, 2.05) is 19.4 Å². The van der Waals surface area contributed by atoms with Crippen molar-refractivity contribution >= 4 is 22.7 Å². The number of thiophene rings is 1. The van der Waals surface area contributed by atoms with Crippen LogP contribution in [0.15, 0.2) is 36.0 Å². The van der Waals surface area contributed by atoms with Gasteiger partial charge in [0.05, 0.1) is 29.8 Å². The summed E-state index contributed by atoms with van der Waals surface area (Å²) in [6.07, 6.45) is 4.73.